The van der Waals surface area contributed by atoms with Gasteiger partial charge in [0.2, 0.25) is 15.7 Å². The zero-order valence-corrected chi connectivity index (χ0v) is 11.7. The second kappa shape index (κ2) is 7.18. The summed E-state index contributed by atoms with van der Waals surface area (Å²) in [5.74, 6) is -3.84. The summed E-state index contributed by atoms with van der Waals surface area (Å²) in [5.41, 5.74) is -0.0144. The average molecular weight is 306 g/mol. The van der Waals surface area contributed by atoms with Gasteiger partial charge in [0, 0.05) is 6.54 Å². The third kappa shape index (κ3) is 4.16. The summed E-state index contributed by atoms with van der Waals surface area (Å²) in [5, 5.41) is 5.14. The molecule has 0 aromatic heterocycles. The Bertz CT molecular complexity index is 562. The van der Waals surface area contributed by atoms with E-state index in [-0.39, 0.29) is 18.1 Å². The van der Waals surface area contributed by atoms with Crippen LogP contribution in [0.15, 0.2) is 29.2 Å². The highest BCUT2D eigenvalue weighted by Crippen LogP contribution is 2.25. The Morgan fingerprint density at radius 3 is 2.55 bits per heavy atom. The number of carbonyl (C=O) groups is 1. The van der Waals surface area contributed by atoms with Crippen LogP contribution in [0.1, 0.15) is 13.3 Å². The van der Waals surface area contributed by atoms with E-state index in [4.69, 9.17) is 0 Å². The first-order valence-corrected chi connectivity index (χ1v) is 7.56. The zero-order valence-electron chi connectivity index (χ0n) is 10.9. The summed E-state index contributed by atoms with van der Waals surface area (Å²) in [7, 11) is -4.70. The maximum Gasteiger partial charge on any atom is 0.341 e. The summed E-state index contributed by atoms with van der Waals surface area (Å²) in [6, 6.07) is 5.25. The Morgan fingerprint density at radius 1 is 1.30 bits per heavy atom. The molecule has 2 N–H and O–H groups in total. The molecule has 8 heteroatoms. The van der Waals surface area contributed by atoms with E-state index in [1.165, 1.54) is 18.2 Å². The molecule has 0 unspecified atom stereocenters. The number of carbonyl (C=O) groups excluding carboxylic acids is 1. The third-order valence-corrected chi connectivity index (χ3v) is 3.88. The van der Waals surface area contributed by atoms with Crippen molar-refractivity contribution in [2.24, 2.45) is 0 Å². The fraction of sp³-hybridized carbons (Fsp3) is 0.417. The summed E-state index contributed by atoms with van der Waals surface area (Å²) < 4.78 is 48.1. The summed E-state index contributed by atoms with van der Waals surface area (Å²) in [6.07, 6.45) is 0.766. The minimum absolute atomic E-state index is 0.0144. The lowest BCUT2D eigenvalue weighted by atomic mass is 10.3. The SMILES string of the molecule is CCCNC(=O)CNc1ccccc1S(=O)(=O)C(F)F. The van der Waals surface area contributed by atoms with Crippen molar-refractivity contribution in [1.82, 2.24) is 5.32 Å². The lowest BCUT2D eigenvalue weighted by Crippen LogP contribution is -2.30. The molecule has 20 heavy (non-hydrogen) atoms. The van der Waals surface area contributed by atoms with Gasteiger partial charge >= 0.3 is 5.76 Å². The van der Waals surface area contributed by atoms with Crippen LogP contribution in [0.3, 0.4) is 0 Å². The van der Waals surface area contributed by atoms with Crippen molar-refractivity contribution >= 4 is 21.4 Å². The van der Waals surface area contributed by atoms with Gasteiger partial charge in [-0.05, 0) is 18.6 Å². The van der Waals surface area contributed by atoms with Crippen LogP contribution in [0, 0.1) is 0 Å². The van der Waals surface area contributed by atoms with E-state index in [1.807, 2.05) is 6.92 Å². The molecule has 0 atom stereocenters. The van der Waals surface area contributed by atoms with Crippen LogP contribution in [0.25, 0.3) is 0 Å². The lowest BCUT2D eigenvalue weighted by molar-refractivity contribution is -0.119. The normalized spacial score (nSPS) is 11.4. The van der Waals surface area contributed by atoms with Gasteiger partial charge in [0.1, 0.15) is 0 Å². The predicted octanol–water partition coefficient (Wildman–Crippen LogP) is 1.62. The van der Waals surface area contributed by atoms with E-state index in [0.29, 0.717) is 6.54 Å². The highest BCUT2D eigenvalue weighted by molar-refractivity contribution is 7.91. The molecule has 1 rings (SSSR count). The van der Waals surface area contributed by atoms with E-state index in [0.717, 1.165) is 12.5 Å². The van der Waals surface area contributed by atoms with Crippen molar-refractivity contribution in [3.8, 4) is 0 Å². The zero-order chi connectivity index (χ0) is 15.2. The van der Waals surface area contributed by atoms with Crippen molar-refractivity contribution in [3.05, 3.63) is 24.3 Å². The lowest BCUT2D eigenvalue weighted by Gasteiger charge is -2.12. The number of hydrogen-bond acceptors (Lipinski definition) is 4. The number of benzene rings is 1. The molecular weight excluding hydrogens is 290 g/mol. The van der Waals surface area contributed by atoms with Crippen molar-refractivity contribution < 1.29 is 22.0 Å². The molecule has 0 aliphatic rings. The van der Waals surface area contributed by atoms with Gasteiger partial charge in [-0.25, -0.2) is 8.42 Å². The summed E-state index contributed by atoms with van der Waals surface area (Å²) >= 11 is 0. The quantitative estimate of drug-likeness (QED) is 0.803. The van der Waals surface area contributed by atoms with Gasteiger partial charge in [-0.3, -0.25) is 4.79 Å². The van der Waals surface area contributed by atoms with E-state index in [1.54, 1.807) is 0 Å². The van der Waals surface area contributed by atoms with Gasteiger partial charge in [0.05, 0.1) is 17.1 Å². The van der Waals surface area contributed by atoms with Gasteiger partial charge in [0.25, 0.3) is 0 Å². The maximum atomic E-state index is 12.5. The number of anilines is 1. The van der Waals surface area contributed by atoms with Crippen LogP contribution in [0.4, 0.5) is 14.5 Å². The molecule has 0 aliphatic carbocycles. The molecule has 0 radical (unpaired) electrons. The monoisotopic (exact) mass is 306 g/mol. The average Bonchev–Trinajstić information content (AvgIpc) is 2.42. The molecule has 0 fully saturated rings. The van der Waals surface area contributed by atoms with Gasteiger partial charge in [0.15, 0.2) is 0 Å². The van der Waals surface area contributed by atoms with E-state index in [9.17, 15) is 22.0 Å². The Hall–Kier alpha value is -1.70. The second-order valence-electron chi connectivity index (χ2n) is 4.01. The Labute approximate surface area is 116 Å². The minimum atomic E-state index is -4.70. The molecule has 0 saturated carbocycles. The maximum absolute atomic E-state index is 12.5. The van der Waals surface area contributed by atoms with Crippen LogP contribution in [0.2, 0.25) is 0 Å². The third-order valence-electron chi connectivity index (χ3n) is 2.44. The fourth-order valence-corrected chi connectivity index (χ4v) is 2.37. The number of para-hydroxylation sites is 1. The van der Waals surface area contributed by atoms with Crippen molar-refractivity contribution in [2.75, 3.05) is 18.4 Å². The Kier molecular flexibility index (Phi) is 5.87. The van der Waals surface area contributed by atoms with Gasteiger partial charge in [-0.1, -0.05) is 19.1 Å². The van der Waals surface area contributed by atoms with Crippen molar-refractivity contribution in [3.63, 3.8) is 0 Å². The Balaban J connectivity index is 2.85. The van der Waals surface area contributed by atoms with E-state index >= 15 is 0 Å². The molecule has 0 aliphatic heterocycles. The molecule has 0 bridgehead atoms. The molecule has 1 aromatic rings. The largest absolute Gasteiger partial charge is 0.375 e. The van der Waals surface area contributed by atoms with Crippen LogP contribution in [-0.2, 0) is 14.6 Å². The number of alkyl halides is 2. The smallest absolute Gasteiger partial charge is 0.341 e. The van der Waals surface area contributed by atoms with Crippen LogP contribution in [-0.4, -0.2) is 33.2 Å². The number of amides is 1. The molecular formula is C12H16F2N2O3S. The number of halogens is 2. The Morgan fingerprint density at radius 2 is 1.95 bits per heavy atom. The first-order chi connectivity index (χ1) is 9.39. The highest BCUT2D eigenvalue weighted by Gasteiger charge is 2.28. The molecule has 0 saturated heterocycles. The standard InChI is InChI=1S/C12H16F2N2O3S/c1-2-7-15-11(17)8-16-9-5-3-4-6-10(9)20(18,19)12(13)14/h3-6,12,16H,2,7-8H2,1H3,(H,15,17). The van der Waals surface area contributed by atoms with Crippen molar-refractivity contribution in [2.45, 2.75) is 24.0 Å². The number of sulfone groups is 1. The first kappa shape index (κ1) is 16.4. The molecule has 1 amide bonds. The van der Waals surface area contributed by atoms with Crippen LogP contribution >= 0.6 is 0 Å². The van der Waals surface area contributed by atoms with E-state index < -0.39 is 20.5 Å². The fourth-order valence-electron chi connectivity index (χ4n) is 1.46. The first-order valence-electron chi connectivity index (χ1n) is 6.01. The van der Waals surface area contributed by atoms with Crippen LogP contribution < -0.4 is 10.6 Å². The molecule has 112 valence electrons. The van der Waals surface area contributed by atoms with Gasteiger partial charge in [-0.2, -0.15) is 8.78 Å². The number of rotatable bonds is 7. The summed E-state index contributed by atoms with van der Waals surface area (Å²) in [6.45, 7) is 2.20. The predicted molar refractivity (Wildman–Crippen MR) is 71.4 cm³/mol. The second-order valence-corrected chi connectivity index (χ2v) is 5.89. The van der Waals surface area contributed by atoms with Gasteiger partial charge < -0.3 is 10.6 Å². The molecule has 1 aromatic carbocycles. The highest BCUT2D eigenvalue weighted by atomic mass is 32.2. The topological polar surface area (TPSA) is 75.3 Å². The van der Waals surface area contributed by atoms with E-state index in [2.05, 4.69) is 10.6 Å². The number of hydrogen-bond donors (Lipinski definition) is 2. The molecule has 0 heterocycles. The molecule has 5 nitrogen and oxygen atoms in total. The van der Waals surface area contributed by atoms with Crippen molar-refractivity contribution in [1.29, 1.82) is 0 Å². The molecule has 0 spiro atoms. The van der Waals surface area contributed by atoms with Crippen LogP contribution in [0.5, 0.6) is 0 Å². The number of nitrogens with one attached hydrogen (secondary N) is 2. The minimum Gasteiger partial charge on any atom is -0.375 e. The van der Waals surface area contributed by atoms with Gasteiger partial charge in [-0.15, -0.1) is 0 Å². The summed E-state index contributed by atoms with van der Waals surface area (Å²) in [4.78, 5) is 10.9.